The van der Waals surface area contributed by atoms with Gasteiger partial charge in [0.15, 0.2) is 0 Å². The number of carboxylic acids is 1. The van der Waals surface area contributed by atoms with Gasteiger partial charge in [0.25, 0.3) is 5.91 Å². The number of aromatic nitrogens is 2. The predicted octanol–water partition coefficient (Wildman–Crippen LogP) is 1.72. The Morgan fingerprint density at radius 3 is 2.63 bits per heavy atom. The SMILES string of the molecule is Cc1cc(C(=O)N(C)c2snc(C)c2C(=O)O)on1. The summed E-state index contributed by atoms with van der Waals surface area (Å²) in [6.07, 6.45) is 0. The molecule has 0 aliphatic carbocycles. The number of carbonyl (C=O) groups is 2. The van der Waals surface area contributed by atoms with Crippen molar-refractivity contribution in [2.24, 2.45) is 0 Å². The van der Waals surface area contributed by atoms with Crippen LogP contribution in [0.4, 0.5) is 5.00 Å². The molecule has 2 aromatic rings. The van der Waals surface area contributed by atoms with Crippen LogP contribution in [0.2, 0.25) is 0 Å². The molecule has 0 unspecified atom stereocenters. The smallest absolute Gasteiger partial charge is 0.340 e. The minimum absolute atomic E-state index is 0.0251. The van der Waals surface area contributed by atoms with Crippen molar-refractivity contribution >= 4 is 28.4 Å². The molecular formula is C11H11N3O4S. The Labute approximate surface area is 112 Å². The van der Waals surface area contributed by atoms with Crippen LogP contribution in [0, 0.1) is 13.8 Å². The third kappa shape index (κ3) is 2.34. The Bertz CT molecular complexity index is 646. The van der Waals surface area contributed by atoms with Gasteiger partial charge in [-0.15, -0.1) is 0 Å². The molecule has 0 saturated carbocycles. The lowest BCUT2D eigenvalue weighted by atomic mass is 10.2. The Kier molecular flexibility index (Phi) is 3.34. The van der Waals surface area contributed by atoms with Gasteiger partial charge < -0.3 is 9.63 Å². The van der Waals surface area contributed by atoms with E-state index in [1.807, 2.05) is 0 Å². The molecule has 0 aromatic carbocycles. The van der Waals surface area contributed by atoms with E-state index in [2.05, 4.69) is 9.53 Å². The highest BCUT2D eigenvalue weighted by Crippen LogP contribution is 2.28. The normalized spacial score (nSPS) is 10.5. The quantitative estimate of drug-likeness (QED) is 0.920. The van der Waals surface area contributed by atoms with Crippen molar-refractivity contribution in [3.63, 3.8) is 0 Å². The number of nitrogens with zero attached hydrogens (tertiary/aromatic N) is 3. The van der Waals surface area contributed by atoms with Crippen LogP contribution in [-0.2, 0) is 0 Å². The maximum absolute atomic E-state index is 12.1. The second-order valence-corrected chi connectivity index (χ2v) is 4.70. The number of anilines is 1. The highest BCUT2D eigenvalue weighted by atomic mass is 32.1. The van der Waals surface area contributed by atoms with Crippen molar-refractivity contribution in [2.45, 2.75) is 13.8 Å². The van der Waals surface area contributed by atoms with Gasteiger partial charge in [-0.2, -0.15) is 4.37 Å². The molecule has 7 nitrogen and oxygen atoms in total. The molecule has 2 aromatic heterocycles. The Morgan fingerprint density at radius 1 is 1.42 bits per heavy atom. The van der Waals surface area contributed by atoms with E-state index in [0.717, 1.165) is 11.5 Å². The highest BCUT2D eigenvalue weighted by Gasteiger charge is 2.26. The van der Waals surface area contributed by atoms with E-state index in [0.29, 0.717) is 11.4 Å². The largest absolute Gasteiger partial charge is 0.478 e. The first-order chi connectivity index (χ1) is 8.91. The topological polar surface area (TPSA) is 96.5 Å². The van der Waals surface area contributed by atoms with Crippen LogP contribution >= 0.6 is 11.5 Å². The Hall–Kier alpha value is -2.22. The molecule has 8 heteroatoms. The molecule has 0 saturated heterocycles. The second kappa shape index (κ2) is 4.81. The van der Waals surface area contributed by atoms with Gasteiger partial charge in [0.05, 0.1) is 11.4 Å². The van der Waals surface area contributed by atoms with Crippen LogP contribution in [0.1, 0.15) is 32.3 Å². The minimum atomic E-state index is -1.12. The monoisotopic (exact) mass is 281 g/mol. The Morgan fingerprint density at radius 2 is 2.11 bits per heavy atom. The lowest BCUT2D eigenvalue weighted by molar-refractivity contribution is 0.0697. The van der Waals surface area contributed by atoms with E-state index in [-0.39, 0.29) is 16.3 Å². The zero-order valence-corrected chi connectivity index (χ0v) is 11.3. The van der Waals surface area contributed by atoms with Gasteiger partial charge in [-0.25, -0.2) is 4.79 Å². The molecule has 0 bridgehead atoms. The van der Waals surface area contributed by atoms with Gasteiger partial charge >= 0.3 is 5.97 Å². The first-order valence-corrected chi connectivity index (χ1v) is 6.10. The number of amides is 1. The molecule has 0 fully saturated rings. The Balaban J connectivity index is 2.37. The standard InChI is InChI=1S/C11H11N3O4S/c1-5-4-7(18-12-5)9(15)14(3)10-8(11(16)17)6(2)13-19-10/h4H,1-3H3,(H,16,17). The minimum Gasteiger partial charge on any atom is -0.478 e. The molecule has 0 radical (unpaired) electrons. The average Bonchev–Trinajstić information content (AvgIpc) is 2.93. The van der Waals surface area contributed by atoms with E-state index < -0.39 is 11.9 Å². The van der Waals surface area contributed by atoms with Crippen molar-refractivity contribution in [3.05, 3.63) is 28.8 Å². The molecule has 2 rings (SSSR count). The van der Waals surface area contributed by atoms with E-state index >= 15 is 0 Å². The molecule has 100 valence electrons. The van der Waals surface area contributed by atoms with E-state index in [1.54, 1.807) is 13.8 Å². The molecule has 19 heavy (non-hydrogen) atoms. The lowest BCUT2D eigenvalue weighted by Crippen LogP contribution is -2.26. The van der Waals surface area contributed by atoms with Gasteiger partial charge in [-0.05, 0) is 25.4 Å². The van der Waals surface area contributed by atoms with E-state index in [4.69, 9.17) is 9.63 Å². The summed E-state index contributed by atoms with van der Waals surface area (Å²) < 4.78 is 8.83. The summed E-state index contributed by atoms with van der Waals surface area (Å²) in [5.41, 5.74) is 0.980. The van der Waals surface area contributed by atoms with Crippen LogP contribution in [-0.4, -0.2) is 33.6 Å². The first-order valence-electron chi connectivity index (χ1n) is 5.32. The summed E-state index contributed by atoms with van der Waals surface area (Å²) in [7, 11) is 1.47. The lowest BCUT2D eigenvalue weighted by Gasteiger charge is -2.13. The molecule has 1 amide bonds. The number of hydrogen-bond donors (Lipinski definition) is 1. The van der Waals surface area contributed by atoms with Gasteiger partial charge in [0.1, 0.15) is 10.6 Å². The predicted molar refractivity (Wildman–Crippen MR) is 67.8 cm³/mol. The molecular weight excluding hydrogens is 270 g/mol. The highest BCUT2D eigenvalue weighted by molar-refractivity contribution is 7.11. The molecule has 0 aliphatic heterocycles. The maximum atomic E-state index is 12.1. The zero-order valence-electron chi connectivity index (χ0n) is 10.5. The summed E-state index contributed by atoms with van der Waals surface area (Å²) in [5, 5.41) is 13.0. The van der Waals surface area contributed by atoms with E-state index in [1.165, 1.54) is 18.0 Å². The molecule has 0 aliphatic rings. The van der Waals surface area contributed by atoms with Gasteiger partial charge in [-0.1, -0.05) is 5.16 Å². The summed E-state index contributed by atoms with van der Waals surface area (Å²) in [6.45, 7) is 3.28. The van der Waals surface area contributed by atoms with Gasteiger partial charge in [0.2, 0.25) is 5.76 Å². The second-order valence-electron chi connectivity index (χ2n) is 3.95. The van der Waals surface area contributed by atoms with Crippen molar-refractivity contribution in [1.29, 1.82) is 0 Å². The van der Waals surface area contributed by atoms with Crippen molar-refractivity contribution in [1.82, 2.24) is 9.53 Å². The third-order valence-electron chi connectivity index (χ3n) is 2.51. The molecule has 1 N–H and O–H groups in total. The zero-order chi connectivity index (χ0) is 14.2. The van der Waals surface area contributed by atoms with Crippen molar-refractivity contribution < 1.29 is 19.2 Å². The molecule has 0 atom stereocenters. The van der Waals surface area contributed by atoms with Crippen LogP contribution < -0.4 is 4.90 Å². The molecule has 2 heterocycles. The van der Waals surface area contributed by atoms with Crippen LogP contribution in [0.25, 0.3) is 0 Å². The number of rotatable bonds is 3. The number of aromatic carboxylic acids is 1. The van der Waals surface area contributed by atoms with Gasteiger partial charge in [0, 0.05) is 13.1 Å². The maximum Gasteiger partial charge on any atom is 0.340 e. The summed E-state index contributed by atoms with van der Waals surface area (Å²) >= 11 is 0.955. The molecule has 0 spiro atoms. The first kappa shape index (κ1) is 13.2. The summed E-state index contributed by atoms with van der Waals surface area (Å²) in [5.74, 6) is -1.52. The number of carboxylic acid groups (broad SMARTS) is 1. The number of hydrogen-bond acceptors (Lipinski definition) is 6. The number of carbonyl (C=O) groups excluding carboxylic acids is 1. The average molecular weight is 281 g/mol. The van der Waals surface area contributed by atoms with Crippen LogP contribution in [0.5, 0.6) is 0 Å². The number of aryl methyl sites for hydroxylation is 2. The third-order valence-corrected chi connectivity index (χ3v) is 3.52. The van der Waals surface area contributed by atoms with Gasteiger partial charge in [-0.3, -0.25) is 9.69 Å². The van der Waals surface area contributed by atoms with E-state index in [9.17, 15) is 9.59 Å². The van der Waals surface area contributed by atoms with Crippen molar-refractivity contribution in [2.75, 3.05) is 11.9 Å². The van der Waals surface area contributed by atoms with Crippen LogP contribution in [0.15, 0.2) is 10.6 Å². The van der Waals surface area contributed by atoms with Crippen LogP contribution in [0.3, 0.4) is 0 Å². The fraction of sp³-hybridized carbons (Fsp3) is 0.273. The summed E-state index contributed by atoms with van der Waals surface area (Å²) in [4.78, 5) is 24.5. The summed E-state index contributed by atoms with van der Waals surface area (Å²) in [6, 6.07) is 1.49. The fourth-order valence-electron chi connectivity index (χ4n) is 1.55. The fourth-order valence-corrected chi connectivity index (χ4v) is 2.40. The van der Waals surface area contributed by atoms with Crippen molar-refractivity contribution in [3.8, 4) is 0 Å².